The van der Waals surface area contributed by atoms with Gasteiger partial charge in [-0.3, -0.25) is 0 Å². The van der Waals surface area contributed by atoms with Crippen LogP contribution in [0.5, 0.6) is 0 Å². The van der Waals surface area contributed by atoms with Gasteiger partial charge in [-0.05, 0) is 47.6 Å². The fourth-order valence-corrected chi connectivity index (χ4v) is 2.41. The van der Waals surface area contributed by atoms with Crippen molar-refractivity contribution in [3.63, 3.8) is 0 Å². The smallest absolute Gasteiger partial charge is 0.196 e. The van der Waals surface area contributed by atoms with Crippen LogP contribution in [-0.2, 0) is 6.42 Å². The van der Waals surface area contributed by atoms with E-state index < -0.39 is 0 Å². The molecule has 1 saturated carbocycles. The molecule has 0 radical (unpaired) electrons. The molecule has 3 nitrogen and oxygen atoms in total. The van der Waals surface area contributed by atoms with Crippen LogP contribution in [0, 0.1) is 3.57 Å². The van der Waals surface area contributed by atoms with Crippen molar-refractivity contribution in [2.24, 2.45) is 0 Å². The topological polar surface area (TPSA) is 38.1 Å². The van der Waals surface area contributed by atoms with Gasteiger partial charge < -0.3 is 9.73 Å². The fraction of sp³-hybridized carbons (Fsp3) is 0.357. The Morgan fingerprint density at radius 1 is 1.39 bits per heavy atom. The highest BCUT2D eigenvalue weighted by atomic mass is 127. The molecule has 1 aliphatic rings. The molecule has 4 heteroatoms. The van der Waals surface area contributed by atoms with Gasteiger partial charge in [-0.1, -0.05) is 12.1 Å². The van der Waals surface area contributed by atoms with Gasteiger partial charge in [0.1, 0.15) is 0 Å². The molecule has 1 fully saturated rings. The molecular formula is C14H15IN2O. The first-order valence-corrected chi connectivity index (χ1v) is 7.33. The highest BCUT2D eigenvalue weighted by Gasteiger charge is 2.20. The second-order valence-electron chi connectivity index (χ2n) is 4.61. The third kappa shape index (κ3) is 3.11. The van der Waals surface area contributed by atoms with Crippen LogP contribution in [0.3, 0.4) is 0 Å². The minimum atomic E-state index is 0.745. The molecule has 94 valence electrons. The monoisotopic (exact) mass is 354 g/mol. The van der Waals surface area contributed by atoms with Crippen LogP contribution in [-0.4, -0.2) is 17.6 Å². The van der Waals surface area contributed by atoms with Gasteiger partial charge in [0.15, 0.2) is 11.7 Å². The highest BCUT2D eigenvalue weighted by molar-refractivity contribution is 14.1. The Bertz CT molecular complexity index is 534. The average Bonchev–Trinajstić information content (AvgIpc) is 3.06. The maximum atomic E-state index is 5.77. The summed E-state index contributed by atoms with van der Waals surface area (Å²) in [5, 5.41) is 3.46. The lowest BCUT2D eigenvalue weighted by Gasteiger charge is -1.99. The van der Waals surface area contributed by atoms with Gasteiger partial charge in [-0.15, -0.1) is 0 Å². The maximum absolute atomic E-state index is 5.77. The van der Waals surface area contributed by atoms with E-state index in [-0.39, 0.29) is 0 Å². The first-order valence-electron chi connectivity index (χ1n) is 6.25. The Morgan fingerprint density at radius 2 is 2.28 bits per heavy atom. The van der Waals surface area contributed by atoms with Crippen LogP contribution in [0.15, 0.2) is 34.9 Å². The minimum absolute atomic E-state index is 0.745. The molecule has 2 aromatic rings. The van der Waals surface area contributed by atoms with E-state index in [1.165, 1.54) is 16.4 Å². The minimum Gasteiger partial charge on any atom is -0.441 e. The van der Waals surface area contributed by atoms with E-state index >= 15 is 0 Å². The molecular weight excluding hydrogens is 339 g/mol. The molecule has 0 atom stereocenters. The number of aromatic nitrogens is 1. The zero-order chi connectivity index (χ0) is 12.4. The van der Waals surface area contributed by atoms with Gasteiger partial charge in [0.2, 0.25) is 0 Å². The highest BCUT2D eigenvalue weighted by Crippen LogP contribution is 2.22. The lowest BCUT2D eigenvalue weighted by molar-refractivity contribution is 0.494. The predicted octanol–water partition coefficient (Wildman–Crippen LogP) is 3.24. The predicted molar refractivity (Wildman–Crippen MR) is 79.4 cm³/mol. The van der Waals surface area contributed by atoms with Crippen molar-refractivity contribution < 1.29 is 4.42 Å². The summed E-state index contributed by atoms with van der Waals surface area (Å²) >= 11 is 2.30. The van der Waals surface area contributed by atoms with Crippen molar-refractivity contribution in [2.45, 2.75) is 25.3 Å². The summed E-state index contributed by atoms with van der Waals surface area (Å²) in [6.45, 7) is 0.955. The van der Waals surface area contributed by atoms with E-state index in [0.717, 1.165) is 36.2 Å². The first kappa shape index (κ1) is 12.2. The van der Waals surface area contributed by atoms with Crippen molar-refractivity contribution in [3.8, 4) is 11.3 Å². The molecule has 1 N–H and O–H groups in total. The van der Waals surface area contributed by atoms with E-state index in [2.05, 4.69) is 51.1 Å². The Balaban J connectivity index is 1.64. The molecule has 1 heterocycles. The third-order valence-electron chi connectivity index (χ3n) is 3.01. The number of oxazole rings is 1. The van der Waals surface area contributed by atoms with Crippen LogP contribution >= 0.6 is 22.6 Å². The maximum Gasteiger partial charge on any atom is 0.196 e. The van der Waals surface area contributed by atoms with E-state index in [1.807, 2.05) is 12.3 Å². The zero-order valence-electron chi connectivity index (χ0n) is 10.0. The third-order valence-corrected chi connectivity index (χ3v) is 3.68. The van der Waals surface area contributed by atoms with Gasteiger partial charge >= 0.3 is 0 Å². The van der Waals surface area contributed by atoms with Crippen LogP contribution in [0.1, 0.15) is 18.7 Å². The lowest BCUT2D eigenvalue weighted by atomic mass is 10.2. The van der Waals surface area contributed by atoms with E-state index in [0.29, 0.717) is 0 Å². The summed E-state index contributed by atoms with van der Waals surface area (Å²) in [6.07, 6.45) is 5.32. The zero-order valence-corrected chi connectivity index (χ0v) is 12.2. The Hall–Kier alpha value is -0.880. The lowest BCUT2D eigenvalue weighted by Crippen LogP contribution is -2.19. The molecule has 0 aliphatic heterocycles. The van der Waals surface area contributed by atoms with Crippen LogP contribution < -0.4 is 5.32 Å². The standard InChI is InChI=1S/C14H15IN2O/c15-11-3-1-2-10(8-11)13-9-17-14(18-13)6-7-16-12-4-5-12/h1-3,8-9,12,16H,4-7H2. The van der Waals surface area contributed by atoms with Crippen LogP contribution in [0.2, 0.25) is 0 Å². The van der Waals surface area contributed by atoms with E-state index in [4.69, 9.17) is 4.42 Å². The van der Waals surface area contributed by atoms with Crippen molar-refractivity contribution in [3.05, 3.63) is 39.9 Å². The SMILES string of the molecule is Ic1cccc(-c2cnc(CCNC3CC3)o2)c1. The van der Waals surface area contributed by atoms with Gasteiger partial charge in [0.25, 0.3) is 0 Å². The summed E-state index contributed by atoms with van der Waals surface area (Å²) < 4.78 is 6.98. The normalized spacial score (nSPS) is 14.9. The molecule has 0 spiro atoms. The molecule has 3 rings (SSSR count). The van der Waals surface area contributed by atoms with Crippen LogP contribution in [0.25, 0.3) is 11.3 Å². The van der Waals surface area contributed by atoms with Gasteiger partial charge in [0.05, 0.1) is 6.20 Å². The Morgan fingerprint density at radius 3 is 3.06 bits per heavy atom. The van der Waals surface area contributed by atoms with E-state index in [1.54, 1.807) is 0 Å². The average molecular weight is 354 g/mol. The Kier molecular flexibility index (Phi) is 3.65. The summed E-state index contributed by atoms with van der Waals surface area (Å²) in [5.74, 6) is 1.67. The summed E-state index contributed by atoms with van der Waals surface area (Å²) in [4.78, 5) is 4.33. The van der Waals surface area contributed by atoms with Crippen molar-refractivity contribution in [1.29, 1.82) is 0 Å². The number of benzene rings is 1. The Labute approximate surface area is 120 Å². The number of hydrogen-bond donors (Lipinski definition) is 1. The molecule has 1 aromatic carbocycles. The van der Waals surface area contributed by atoms with Crippen LogP contribution in [0.4, 0.5) is 0 Å². The van der Waals surface area contributed by atoms with Crippen molar-refractivity contribution in [1.82, 2.24) is 10.3 Å². The molecule has 18 heavy (non-hydrogen) atoms. The molecule has 0 unspecified atom stereocenters. The fourth-order valence-electron chi connectivity index (χ4n) is 1.87. The van der Waals surface area contributed by atoms with Gasteiger partial charge in [0, 0.05) is 28.1 Å². The largest absolute Gasteiger partial charge is 0.441 e. The van der Waals surface area contributed by atoms with Gasteiger partial charge in [-0.25, -0.2) is 4.98 Å². The number of rotatable bonds is 5. The van der Waals surface area contributed by atoms with Crippen molar-refractivity contribution >= 4 is 22.6 Å². The quantitative estimate of drug-likeness (QED) is 0.838. The summed E-state index contributed by atoms with van der Waals surface area (Å²) in [6, 6.07) is 9.01. The van der Waals surface area contributed by atoms with Gasteiger partial charge in [-0.2, -0.15) is 0 Å². The van der Waals surface area contributed by atoms with Crippen molar-refractivity contribution in [2.75, 3.05) is 6.54 Å². The van der Waals surface area contributed by atoms with E-state index in [9.17, 15) is 0 Å². The second-order valence-corrected chi connectivity index (χ2v) is 5.85. The molecule has 1 aromatic heterocycles. The molecule has 0 bridgehead atoms. The summed E-state index contributed by atoms with van der Waals surface area (Å²) in [7, 11) is 0. The number of hydrogen-bond acceptors (Lipinski definition) is 3. The number of nitrogens with zero attached hydrogens (tertiary/aromatic N) is 1. The summed E-state index contributed by atoms with van der Waals surface area (Å²) in [5.41, 5.74) is 1.09. The second kappa shape index (κ2) is 5.40. The molecule has 0 saturated heterocycles. The number of halogens is 1. The molecule has 0 amide bonds. The molecule has 1 aliphatic carbocycles. The number of nitrogens with one attached hydrogen (secondary N) is 1. The first-order chi connectivity index (χ1) is 8.81.